The Hall–Kier alpha value is -0.960. The first-order valence-corrected chi connectivity index (χ1v) is 4.04. The highest BCUT2D eigenvalue weighted by Crippen LogP contribution is 2.13. The van der Waals surface area contributed by atoms with Crippen LogP contribution in [0, 0.1) is 0 Å². The lowest BCUT2D eigenvalue weighted by Gasteiger charge is -2.02. The van der Waals surface area contributed by atoms with Gasteiger partial charge in [0.2, 0.25) is 0 Å². The van der Waals surface area contributed by atoms with Crippen LogP contribution >= 0.6 is 12.6 Å². The van der Waals surface area contributed by atoms with Crippen molar-refractivity contribution in [2.45, 2.75) is 11.8 Å². The quantitative estimate of drug-likeness (QED) is 0.723. The monoisotopic (exact) mass is 182 g/mol. The van der Waals surface area contributed by atoms with Gasteiger partial charge in [-0.2, -0.15) is 0 Å². The standard InChI is InChI=1S/C9H10O2S/c1-7(10)6-11-8-2-4-9(12)5-3-8/h2-5,12H,6H2,1H3. The molecule has 0 heterocycles. The summed E-state index contributed by atoms with van der Waals surface area (Å²) < 4.78 is 5.14. The molecule has 0 atom stereocenters. The van der Waals surface area contributed by atoms with E-state index in [-0.39, 0.29) is 12.4 Å². The Morgan fingerprint density at radius 1 is 1.42 bits per heavy atom. The van der Waals surface area contributed by atoms with Gasteiger partial charge in [-0.25, -0.2) is 0 Å². The lowest BCUT2D eigenvalue weighted by molar-refractivity contribution is -0.118. The maximum atomic E-state index is 10.5. The van der Waals surface area contributed by atoms with Crippen LogP contribution in [0.2, 0.25) is 0 Å². The molecule has 0 saturated carbocycles. The van der Waals surface area contributed by atoms with Gasteiger partial charge in [0.25, 0.3) is 0 Å². The Bertz CT molecular complexity index is 266. The van der Waals surface area contributed by atoms with Crippen molar-refractivity contribution in [1.29, 1.82) is 0 Å². The number of carbonyl (C=O) groups excluding carboxylic acids is 1. The zero-order valence-corrected chi connectivity index (χ0v) is 7.67. The van der Waals surface area contributed by atoms with E-state index < -0.39 is 0 Å². The van der Waals surface area contributed by atoms with Gasteiger partial charge < -0.3 is 4.74 Å². The number of Topliss-reactive ketones (excluding diaryl/α,β-unsaturated/α-hetero) is 1. The highest BCUT2D eigenvalue weighted by atomic mass is 32.1. The predicted octanol–water partition coefficient (Wildman–Crippen LogP) is 1.94. The minimum absolute atomic E-state index is 0.0185. The van der Waals surface area contributed by atoms with Crippen molar-refractivity contribution in [3.63, 3.8) is 0 Å². The average molecular weight is 182 g/mol. The van der Waals surface area contributed by atoms with Crippen LogP contribution in [-0.4, -0.2) is 12.4 Å². The van der Waals surface area contributed by atoms with Crippen molar-refractivity contribution >= 4 is 18.4 Å². The van der Waals surface area contributed by atoms with Gasteiger partial charge in [0.05, 0.1) is 0 Å². The number of benzene rings is 1. The Balaban J connectivity index is 2.53. The van der Waals surface area contributed by atoms with Crippen molar-refractivity contribution in [3.8, 4) is 5.75 Å². The molecular weight excluding hydrogens is 172 g/mol. The van der Waals surface area contributed by atoms with Gasteiger partial charge >= 0.3 is 0 Å². The van der Waals surface area contributed by atoms with Crippen LogP contribution in [0.1, 0.15) is 6.92 Å². The molecule has 0 amide bonds. The number of thiol groups is 1. The Labute approximate surface area is 77.0 Å². The second-order valence-electron chi connectivity index (χ2n) is 2.48. The summed E-state index contributed by atoms with van der Waals surface area (Å²) in [6, 6.07) is 7.20. The van der Waals surface area contributed by atoms with Crippen LogP contribution in [0.25, 0.3) is 0 Å². The third-order valence-corrected chi connectivity index (χ3v) is 1.58. The Morgan fingerprint density at radius 2 is 2.00 bits per heavy atom. The molecule has 0 aromatic heterocycles. The Morgan fingerprint density at radius 3 is 2.50 bits per heavy atom. The largest absolute Gasteiger partial charge is 0.486 e. The molecule has 12 heavy (non-hydrogen) atoms. The highest BCUT2D eigenvalue weighted by molar-refractivity contribution is 7.80. The van der Waals surface area contributed by atoms with Crippen LogP contribution in [0.15, 0.2) is 29.2 Å². The summed E-state index contributed by atoms with van der Waals surface area (Å²) in [7, 11) is 0. The lowest BCUT2D eigenvalue weighted by Crippen LogP contribution is -2.06. The number of hydrogen-bond donors (Lipinski definition) is 1. The van der Waals surface area contributed by atoms with Crippen molar-refractivity contribution in [2.24, 2.45) is 0 Å². The molecule has 0 fully saturated rings. The summed E-state index contributed by atoms with van der Waals surface area (Å²) in [4.78, 5) is 11.4. The zero-order chi connectivity index (χ0) is 8.97. The van der Waals surface area contributed by atoms with E-state index in [2.05, 4.69) is 12.6 Å². The normalized spacial score (nSPS) is 9.50. The highest BCUT2D eigenvalue weighted by Gasteiger charge is 1.95. The van der Waals surface area contributed by atoms with Crippen LogP contribution < -0.4 is 4.74 Å². The lowest BCUT2D eigenvalue weighted by atomic mass is 10.3. The van der Waals surface area contributed by atoms with Crippen molar-refractivity contribution < 1.29 is 9.53 Å². The molecule has 3 heteroatoms. The second kappa shape index (κ2) is 4.16. The first-order chi connectivity index (χ1) is 5.68. The third kappa shape index (κ3) is 2.96. The van der Waals surface area contributed by atoms with Crippen LogP contribution in [0.4, 0.5) is 0 Å². The zero-order valence-electron chi connectivity index (χ0n) is 6.78. The molecule has 1 aromatic carbocycles. The van der Waals surface area contributed by atoms with Gasteiger partial charge in [0.1, 0.15) is 12.4 Å². The van der Waals surface area contributed by atoms with Gasteiger partial charge in [-0.05, 0) is 31.2 Å². The minimum atomic E-state index is 0.0185. The van der Waals surface area contributed by atoms with Crippen LogP contribution in [0.5, 0.6) is 5.75 Å². The summed E-state index contributed by atoms with van der Waals surface area (Å²) in [6.45, 7) is 1.62. The van der Waals surface area contributed by atoms with E-state index in [1.54, 1.807) is 12.1 Å². The van der Waals surface area contributed by atoms with E-state index in [9.17, 15) is 4.79 Å². The van der Waals surface area contributed by atoms with Gasteiger partial charge in [-0.1, -0.05) is 0 Å². The predicted molar refractivity (Wildman–Crippen MR) is 49.9 cm³/mol. The molecule has 0 unspecified atom stereocenters. The van der Waals surface area contributed by atoms with E-state index in [1.165, 1.54) is 6.92 Å². The number of ketones is 1. The van der Waals surface area contributed by atoms with E-state index in [1.807, 2.05) is 12.1 Å². The van der Waals surface area contributed by atoms with Crippen molar-refractivity contribution in [1.82, 2.24) is 0 Å². The smallest absolute Gasteiger partial charge is 0.167 e. The molecule has 64 valence electrons. The SMILES string of the molecule is CC(=O)COc1ccc(S)cc1. The molecule has 1 aromatic rings. The molecule has 0 bridgehead atoms. The van der Waals surface area contributed by atoms with Crippen molar-refractivity contribution in [2.75, 3.05) is 6.61 Å². The fourth-order valence-corrected chi connectivity index (χ4v) is 0.876. The summed E-state index contributed by atoms with van der Waals surface area (Å²) in [5, 5.41) is 0. The van der Waals surface area contributed by atoms with Crippen LogP contribution in [-0.2, 0) is 4.79 Å². The summed E-state index contributed by atoms with van der Waals surface area (Å²) in [6.07, 6.45) is 0. The van der Waals surface area contributed by atoms with E-state index in [0.29, 0.717) is 5.75 Å². The molecule has 1 rings (SSSR count). The van der Waals surface area contributed by atoms with Crippen LogP contribution in [0.3, 0.4) is 0 Å². The van der Waals surface area contributed by atoms with E-state index >= 15 is 0 Å². The molecule has 0 aliphatic rings. The third-order valence-electron chi connectivity index (χ3n) is 1.28. The van der Waals surface area contributed by atoms with E-state index in [4.69, 9.17) is 4.74 Å². The second-order valence-corrected chi connectivity index (χ2v) is 3.00. The summed E-state index contributed by atoms with van der Waals surface area (Å²) in [5.74, 6) is 0.716. The maximum Gasteiger partial charge on any atom is 0.167 e. The topological polar surface area (TPSA) is 26.3 Å². The molecule has 0 aliphatic heterocycles. The maximum absolute atomic E-state index is 10.5. The minimum Gasteiger partial charge on any atom is -0.486 e. The van der Waals surface area contributed by atoms with Gasteiger partial charge in [0, 0.05) is 4.90 Å². The number of ether oxygens (including phenoxy) is 1. The molecule has 0 N–H and O–H groups in total. The van der Waals surface area contributed by atoms with Gasteiger partial charge in [0.15, 0.2) is 5.78 Å². The fourth-order valence-electron chi connectivity index (χ4n) is 0.727. The van der Waals surface area contributed by atoms with E-state index in [0.717, 1.165) is 4.90 Å². The Kier molecular flexibility index (Phi) is 3.17. The number of rotatable bonds is 3. The van der Waals surface area contributed by atoms with Gasteiger partial charge in [-0.3, -0.25) is 4.79 Å². The first-order valence-electron chi connectivity index (χ1n) is 3.60. The fraction of sp³-hybridized carbons (Fsp3) is 0.222. The first kappa shape index (κ1) is 9.13. The van der Waals surface area contributed by atoms with Crippen molar-refractivity contribution in [3.05, 3.63) is 24.3 Å². The summed E-state index contributed by atoms with van der Waals surface area (Å²) in [5.41, 5.74) is 0. The summed E-state index contributed by atoms with van der Waals surface area (Å²) >= 11 is 4.12. The molecule has 0 radical (unpaired) electrons. The molecule has 2 nitrogen and oxygen atoms in total. The molecular formula is C9H10O2S. The molecule has 0 spiro atoms. The average Bonchev–Trinajstić information content (AvgIpc) is 2.03. The molecule has 0 saturated heterocycles. The number of hydrogen-bond acceptors (Lipinski definition) is 3. The van der Waals surface area contributed by atoms with Gasteiger partial charge in [-0.15, -0.1) is 12.6 Å². The number of carbonyl (C=O) groups is 1. The molecule has 0 aliphatic carbocycles.